The largest absolute Gasteiger partial charge is 0.452 e. The van der Waals surface area contributed by atoms with Crippen LogP contribution >= 0.6 is 11.8 Å². The van der Waals surface area contributed by atoms with Crippen molar-refractivity contribution in [3.05, 3.63) is 65.4 Å². The summed E-state index contributed by atoms with van der Waals surface area (Å²) >= 11 is 1.34. The lowest BCUT2D eigenvalue weighted by Gasteiger charge is -2.15. The number of pyridine rings is 1. The molecule has 0 aliphatic heterocycles. The molecule has 7 heteroatoms. The number of hydrogen-bond donors (Lipinski definition) is 1. The highest BCUT2D eigenvalue weighted by molar-refractivity contribution is 7.99. The van der Waals surface area contributed by atoms with Gasteiger partial charge in [0.1, 0.15) is 0 Å². The lowest BCUT2D eigenvalue weighted by molar-refractivity contribution is -0.119. The normalized spacial score (nSPS) is 13.0. The second-order valence-electron chi connectivity index (χ2n) is 7.56. The van der Waals surface area contributed by atoms with Gasteiger partial charge in [0.15, 0.2) is 6.61 Å². The molecule has 2 aromatic carbocycles. The number of fused-ring (bicyclic) bond motifs is 2. The smallest absolute Gasteiger partial charge is 0.339 e. The maximum atomic E-state index is 13.1. The lowest BCUT2D eigenvalue weighted by Crippen LogP contribution is -2.22. The van der Waals surface area contributed by atoms with E-state index < -0.39 is 11.9 Å². The van der Waals surface area contributed by atoms with Crippen molar-refractivity contribution in [1.29, 1.82) is 5.26 Å². The molecule has 0 radical (unpaired) electrons. The molecule has 162 valence electrons. The van der Waals surface area contributed by atoms with Gasteiger partial charge >= 0.3 is 5.97 Å². The minimum atomic E-state index is -0.496. The van der Waals surface area contributed by atoms with Crippen LogP contribution in [0.15, 0.2) is 53.4 Å². The van der Waals surface area contributed by atoms with E-state index in [9.17, 15) is 9.59 Å². The predicted octanol–water partition coefficient (Wildman–Crippen LogP) is 4.91. The summed E-state index contributed by atoms with van der Waals surface area (Å²) in [6, 6.07) is 16.9. The van der Waals surface area contributed by atoms with E-state index in [1.165, 1.54) is 11.8 Å². The summed E-state index contributed by atoms with van der Waals surface area (Å²) in [4.78, 5) is 31.2. The first-order valence-corrected chi connectivity index (χ1v) is 11.6. The monoisotopic (exact) mass is 445 g/mol. The van der Waals surface area contributed by atoms with Crippen molar-refractivity contribution in [3.63, 3.8) is 0 Å². The maximum Gasteiger partial charge on any atom is 0.339 e. The number of para-hydroxylation sites is 2. The first-order chi connectivity index (χ1) is 15.7. The van der Waals surface area contributed by atoms with E-state index >= 15 is 0 Å². The van der Waals surface area contributed by atoms with Crippen LogP contribution in [-0.2, 0) is 22.4 Å². The Morgan fingerprint density at radius 2 is 1.84 bits per heavy atom. The number of nitriles is 1. The van der Waals surface area contributed by atoms with Crippen LogP contribution in [0.1, 0.15) is 40.9 Å². The molecule has 1 aliphatic carbocycles. The quantitative estimate of drug-likeness (QED) is 0.329. The molecule has 0 atom stereocenters. The van der Waals surface area contributed by atoms with Gasteiger partial charge in [0, 0.05) is 16.0 Å². The predicted molar refractivity (Wildman–Crippen MR) is 125 cm³/mol. The molecule has 1 heterocycles. The summed E-state index contributed by atoms with van der Waals surface area (Å²) in [6.07, 6.45) is 4.79. The van der Waals surface area contributed by atoms with E-state index in [1.54, 1.807) is 12.1 Å². The van der Waals surface area contributed by atoms with Gasteiger partial charge in [-0.1, -0.05) is 36.8 Å². The molecule has 6 nitrogen and oxygen atoms in total. The molecule has 1 N–H and O–H groups in total. The number of anilines is 1. The Bertz CT molecular complexity index is 1200. The summed E-state index contributed by atoms with van der Waals surface area (Å²) in [5.74, 6) is -0.640. The molecule has 32 heavy (non-hydrogen) atoms. The molecule has 0 unspecified atom stereocenters. The number of carbonyl (C=O) groups excluding carboxylic acids is 2. The highest BCUT2D eigenvalue weighted by atomic mass is 32.2. The fourth-order valence-corrected chi connectivity index (χ4v) is 4.65. The average molecular weight is 446 g/mol. The van der Waals surface area contributed by atoms with E-state index in [1.807, 2.05) is 36.4 Å². The van der Waals surface area contributed by atoms with Crippen molar-refractivity contribution in [2.75, 3.05) is 17.7 Å². The average Bonchev–Trinajstić information content (AvgIpc) is 3.05. The number of esters is 1. The summed E-state index contributed by atoms with van der Waals surface area (Å²) in [5.41, 5.74) is 3.81. The van der Waals surface area contributed by atoms with Crippen molar-refractivity contribution in [2.24, 2.45) is 0 Å². The Balaban J connectivity index is 1.52. The first kappa shape index (κ1) is 21.8. The van der Waals surface area contributed by atoms with Crippen LogP contribution in [0.5, 0.6) is 0 Å². The van der Waals surface area contributed by atoms with Gasteiger partial charge in [-0.15, -0.1) is 11.8 Å². The van der Waals surface area contributed by atoms with Gasteiger partial charge in [-0.05, 0) is 49.4 Å². The molecule has 1 amide bonds. The number of rotatable bonds is 6. The number of ether oxygens (including phenoxy) is 1. The molecule has 4 rings (SSSR count). The van der Waals surface area contributed by atoms with Crippen molar-refractivity contribution >= 4 is 40.2 Å². The maximum absolute atomic E-state index is 13.1. The molecular formula is C25H23N3O3S. The number of nitrogens with one attached hydrogen (secondary N) is 1. The zero-order valence-electron chi connectivity index (χ0n) is 17.6. The minimum absolute atomic E-state index is 0.280. The first-order valence-electron chi connectivity index (χ1n) is 10.6. The van der Waals surface area contributed by atoms with Crippen molar-refractivity contribution in [1.82, 2.24) is 4.98 Å². The summed E-state index contributed by atoms with van der Waals surface area (Å²) in [6.45, 7) is -0.387. The third kappa shape index (κ3) is 4.92. The van der Waals surface area contributed by atoms with Gasteiger partial charge in [0.2, 0.25) is 0 Å². The van der Waals surface area contributed by atoms with Gasteiger partial charge in [0.25, 0.3) is 5.91 Å². The van der Waals surface area contributed by atoms with E-state index in [2.05, 4.69) is 11.4 Å². The lowest BCUT2D eigenvalue weighted by atomic mass is 9.97. The molecule has 0 saturated carbocycles. The number of aryl methyl sites for hydroxylation is 1. The van der Waals surface area contributed by atoms with Crippen LogP contribution in [-0.4, -0.2) is 29.2 Å². The molecule has 1 aromatic heterocycles. The Labute approximate surface area is 191 Å². The van der Waals surface area contributed by atoms with E-state index in [0.29, 0.717) is 11.3 Å². The Hall–Kier alpha value is -3.37. The zero-order chi connectivity index (χ0) is 22.3. The fraction of sp³-hybridized carbons (Fsp3) is 0.280. The molecule has 0 saturated heterocycles. The topological polar surface area (TPSA) is 92.1 Å². The Morgan fingerprint density at radius 1 is 1.06 bits per heavy atom. The molecule has 3 aromatic rings. The number of amides is 1. The molecule has 0 fully saturated rings. The number of carbonyl (C=O) groups is 2. The van der Waals surface area contributed by atoms with Crippen molar-refractivity contribution in [2.45, 2.75) is 37.0 Å². The second-order valence-corrected chi connectivity index (χ2v) is 8.57. The third-order valence-corrected chi connectivity index (χ3v) is 6.35. The van der Waals surface area contributed by atoms with Gasteiger partial charge in [-0.25, -0.2) is 4.79 Å². The third-order valence-electron chi connectivity index (χ3n) is 5.41. The van der Waals surface area contributed by atoms with Crippen molar-refractivity contribution < 1.29 is 14.3 Å². The van der Waals surface area contributed by atoms with Crippen LogP contribution in [0.25, 0.3) is 10.9 Å². The summed E-state index contributed by atoms with van der Waals surface area (Å²) < 4.78 is 5.46. The van der Waals surface area contributed by atoms with Crippen LogP contribution in [0.2, 0.25) is 0 Å². The number of benzene rings is 2. The Kier molecular flexibility index (Phi) is 7.03. The van der Waals surface area contributed by atoms with Crippen LogP contribution in [0.4, 0.5) is 5.69 Å². The standard InChI is InChI=1S/C25H23N3O3S/c26-14-15-32-22-13-7-6-12-21(22)28-23(29)16-31-25(30)24-17-8-2-1-3-10-19(17)27-20-11-5-4-9-18(20)24/h4-7,9,11-13H,1-3,8,10,15-16H2,(H,28,29). The van der Waals surface area contributed by atoms with Gasteiger partial charge in [-0.2, -0.15) is 5.26 Å². The number of aromatic nitrogens is 1. The van der Waals surface area contributed by atoms with Crippen LogP contribution in [0, 0.1) is 11.3 Å². The van der Waals surface area contributed by atoms with E-state index in [-0.39, 0.29) is 12.4 Å². The van der Waals surface area contributed by atoms with Gasteiger partial charge < -0.3 is 10.1 Å². The molecule has 1 aliphatic rings. The van der Waals surface area contributed by atoms with Gasteiger partial charge in [0.05, 0.1) is 28.6 Å². The second kappa shape index (κ2) is 10.3. The summed E-state index contributed by atoms with van der Waals surface area (Å²) in [7, 11) is 0. The molecule has 0 spiro atoms. The number of thioether (sulfide) groups is 1. The number of nitrogens with zero attached hydrogens (tertiary/aromatic N) is 2. The number of hydrogen-bond acceptors (Lipinski definition) is 6. The highest BCUT2D eigenvalue weighted by Crippen LogP contribution is 2.30. The summed E-state index contributed by atoms with van der Waals surface area (Å²) in [5, 5.41) is 12.3. The highest BCUT2D eigenvalue weighted by Gasteiger charge is 2.23. The van der Waals surface area contributed by atoms with E-state index in [0.717, 1.165) is 59.2 Å². The van der Waals surface area contributed by atoms with E-state index in [4.69, 9.17) is 15.0 Å². The Morgan fingerprint density at radius 3 is 2.72 bits per heavy atom. The van der Waals surface area contributed by atoms with Crippen LogP contribution in [0.3, 0.4) is 0 Å². The van der Waals surface area contributed by atoms with Crippen molar-refractivity contribution in [3.8, 4) is 6.07 Å². The molecular weight excluding hydrogens is 422 g/mol. The fourth-order valence-electron chi connectivity index (χ4n) is 3.98. The SMILES string of the molecule is N#CCSc1ccccc1NC(=O)COC(=O)c1c2c(nc3ccccc13)CCCCC2. The minimum Gasteiger partial charge on any atom is -0.452 e. The van der Waals surface area contributed by atoms with Gasteiger partial charge in [-0.3, -0.25) is 9.78 Å². The van der Waals surface area contributed by atoms with Crippen LogP contribution < -0.4 is 5.32 Å². The zero-order valence-corrected chi connectivity index (χ0v) is 18.4. The molecule has 0 bridgehead atoms.